The molecule has 0 aromatic heterocycles. The van der Waals surface area contributed by atoms with Gasteiger partial charge in [0.05, 0.1) is 19.7 Å². The van der Waals surface area contributed by atoms with Crippen LogP contribution in [0.1, 0.15) is 22.8 Å². The minimum atomic E-state index is -1.12. The number of hydrogen-bond donors (Lipinski definition) is 3. The van der Waals surface area contributed by atoms with Crippen molar-refractivity contribution in [3.05, 3.63) is 54.4 Å². The van der Waals surface area contributed by atoms with E-state index in [0.717, 1.165) is 5.69 Å². The van der Waals surface area contributed by atoms with Gasteiger partial charge in [-0.3, -0.25) is 9.59 Å². The minimum absolute atomic E-state index is 0.152. The van der Waals surface area contributed by atoms with Crippen LogP contribution >= 0.6 is 55.1 Å². The molecule has 2 aromatic rings. The molecule has 28 heavy (non-hydrogen) atoms. The maximum Gasteiger partial charge on any atom is 0.322 e. The average Bonchev–Trinajstić information content (AvgIpc) is 2.62. The SMILES string of the molecule is CCNc1cc(Cl)cc(COc2c(Br)cc(C(=O)NCC(=O)O)cc2Br)c1Cl. The Morgan fingerprint density at radius 3 is 2.36 bits per heavy atom. The van der Waals surface area contributed by atoms with Gasteiger partial charge in [-0.05, 0) is 63.0 Å². The third-order valence-electron chi connectivity index (χ3n) is 3.51. The number of rotatable bonds is 8. The second kappa shape index (κ2) is 10.3. The number of carbonyl (C=O) groups is 2. The molecule has 2 aromatic carbocycles. The fourth-order valence-corrected chi connectivity index (χ4v) is 4.19. The van der Waals surface area contributed by atoms with Gasteiger partial charge in [-0.2, -0.15) is 0 Å². The van der Waals surface area contributed by atoms with Gasteiger partial charge in [0, 0.05) is 22.7 Å². The van der Waals surface area contributed by atoms with Gasteiger partial charge in [-0.25, -0.2) is 0 Å². The van der Waals surface area contributed by atoms with E-state index in [0.29, 0.717) is 36.8 Å². The molecule has 3 N–H and O–H groups in total. The van der Waals surface area contributed by atoms with Crippen LogP contribution in [0.25, 0.3) is 0 Å². The summed E-state index contributed by atoms with van der Waals surface area (Å²) >= 11 is 19.3. The molecule has 0 saturated carbocycles. The lowest BCUT2D eigenvalue weighted by molar-refractivity contribution is -0.135. The fraction of sp³-hybridized carbons (Fsp3) is 0.222. The third-order valence-corrected chi connectivity index (χ3v) is 5.36. The van der Waals surface area contributed by atoms with Crippen LogP contribution in [0.2, 0.25) is 10.0 Å². The van der Waals surface area contributed by atoms with Gasteiger partial charge < -0.3 is 20.5 Å². The molecule has 0 heterocycles. The predicted molar refractivity (Wildman–Crippen MR) is 117 cm³/mol. The van der Waals surface area contributed by atoms with E-state index in [1.54, 1.807) is 24.3 Å². The number of halogens is 4. The number of aliphatic carboxylic acids is 1. The summed E-state index contributed by atoms with van der Waals surface area (Å²) in [7, 11) is 0. The summed E-state index contributed by atoms with van der Waals surface area (Å²) in [4.78, 5) is 22.6. The highest BCUT2D eigenvalue weighted by molar-refractivity contribution is 9.11. The molecule has 2 rings (SSSR count). The average molecular weight is 555 g/mol. The Labute approximate surface area is 188 Å². The number of carboxylic acids is 1. The highest BCUT2D eigenvalue weighted by Crippen LogP contribution is 2.37. The normalized spacial score (nSPS) is 10.5. The van der Waals surface area contributed by atoms with Gasteiger partial charge in [0.25, 0.3) is 5.91 Å². The summed E-state index contributed by atoms with van der Waals surface area (Å²) in [5.41, 5.74) is 1.70. The topological polar surface area (TPSA) is 87.7 Å². The van der Waals surface area contributed by atoms with E-state index in [1.807, 2.05) is 6.92 Å². The summed E-state index contributed by atoms with van der Waals surface area (Å²) in [6.45, 7) is 2.34. The van der Waals surface area contributed by atoms with Crippen LogP contribution in [-0.4, -0.2) is 30.1 Å². The quantitative estimate of drug-likeness (QED) is 0.410. The zero-order valence-electron chi connectivity index (χ0n) is 14.6. The first-order valence-electron chi connectivity index (χ1n) is 8.06. The molecule has 0 spiro atoms. The van der Waals surface area contributed by atoms with E-state index in [9.17, 15) is 9.59 Å². The Balaban J connectivity index is 2.19. The van der Waals surface area contributed by atoms with Gasteiger partial charge in [0.15, 0.2) is 0 Å². The second-order valence-corrected chi connectivity index (χ2v) is 8.11. The van der Waals surface area contributed by atoms with Crippen molar-refractivity contribution in [1.82, 2.24) is 5.32 Å². The number of benzene rings is 2. The summed E-state index contributed by atoms with van der Waals surface area (Å²) in [5.74, 6) is -1.17. The lowest BCUT2D eigenvalue weighted by Crippen LogP contribution is -2.29. The zero-order chi connectivity index (χ0) is 20.8. The van der Waals surface area contributed by atoms with E-state index < -0.39 is 18.4 Å². The molecular formula is C18H16Br2Cl2N2O4. The molecule has 0 aliphatic heterocycles. The summed E-state index contributed by atoms with van der Waals surface area (Å²) in [6, 6.07) is 6.55. The molecule has 0 radical (unpaired) electrons. The molecule has 0 unspecified atom stereocenters. The van der Waals surface area contributed by atoms with Crippen LogP contribution in [0.5, 0.6) is 5.75 Å². The van der Waals surface area contributed by atoms with E-state index >= 15 is 0 Å². The number of anilines is 1. The fourth-order valence-electron chi connectivity index (χ4n) is 2.31. The first-order valence-corrected chi connectivity index (χ1v) is 10.4. The van der Waals surface area contributed by atoms with Gasteiger partial charge in [0.2, 0.25) is 0 Å². The van der Waals surface area contributed by atoms with Crippen molar-refractivity contribution < 1.29 is 19.4 Å². The van der Waals surface area contributed by atoms with Crippen molar-refractivity contribution in [2.45, 2.75) is 13.5 Å². The number of carboxylic acid groups (broad SMARTS) is 1. The van der Waals surface area contributed by atoms with Crippen molar-refractivity contribution in [2.24, 2.45) is 0 Å². The Kier molecular flexibility index (Phi) is 8.42. The van der Waals surface area contributed by atoms with E-state index in [2.05, 4.69) is 42.5 Å². The lowest BCUT2D eigenvalue weighted by atomic mass is 10.2. The standard InChI is InChI=1S/C18H16Br2Cl2N2O4/c1-2-23-14-6-11(21)3-10(16(14)22)8-28-17-12(19)4-9(5-13(17)20)18(27)24-7-15(25)26/h3-6,23H,2,7-8H2,1H3,(H,24,27)(H,25,26). The summed E-state index contributed by atoms with van der Waals surface area (Å²) in [5, 5.41) is 15.1. The minimum Gasteiger partial charge on any atom is -0.486 e. The first-order chi connectivity index (χ1) is 13.2. The number of amides is 1. The molecule has 0 aliphatic carbocycles. The number of ether oxygens (including phenoxy) is 1. The Bertz CT molecular complexity index is 886. The van der Waals surface area contributed by atoms with Crippen LogP contribution < -0.4 is 15.4 Å². The zero-order valence-corrected chi connectivity index (χ0v) is 19.3. The summed E-state index contributed by atoms with van der Waals surface area (Å²) < 4.78 is 6.91. The molecule has 0 aliphatic rings. The highest BCUT2D eigenvalue weighted by atomic mass is 79.9. The molecular weight excluding hydrogens is 539 g/mol. The van der Waals surface area contributed by atoms with Crippen molar-refractivity contribution >= 4 is 72.6 Å². The lowest BCUT2D eigenvalue weighted by Gasteiger charge is -2.15. The smallest absolute Gasteiger partial charge is 0.322 e. The Hall–Kier alpha value is -1.48. The second-order valence-electron chi connectivity index (χ2n) is 5.59. The van der Waals surface area contributed by atoms with Gasteiger partial charge in [-0.1, -0.05) is 23.2 Å². The molecule has 10 heteroatoms. The van der Waals surface area contributed by atoms with Crippen molar-refractivity contribution in [2.75, 3.05) is 18.4 Å². The van der Waals surface area contributed by atoms with Gasteiger partial charge >= 0.3 is 5.97 Å². The maximum atomic E-state index is 12.0. The molecule has 1 amide bonds. The first kappa shape index (κ1) is 22.8. The third kappa shape index (κ3) is 6.01. The van der Waals surface area contributed by atoms with Crippen molar-refractivity contribution in [3.8, 4) is 5.75 Å². The van der Waals surface area contributed by atoms with Gasteiger partial charge in [-0.15, -0.1) is 0 Å². The summed E-state index contributed by atoms with van der Waals surface area (Å²) in [6.07, 6.45) is 0. The number of nitrogens with one attached hydrogen (secondary N) is 2. The maximum absolute atomic E-state index is 12.0. The molecule has 0 bridgehead atoms. The van der Waals surface area contributed by atoms with E-state index in [1.165, 1.54) is 0 Å². The van der Waals surface area contributed by atoms with Crippen LogP contribution in [0.15, 0.2) is 33.2 Å². The number of hydrogen-bond acceptors (Lipinski definition) is 4. The molecule has 0 atom stereocenters. The largest absolute Gasteiger partial charge is 0.486 e. The van der Waals surface area contributed by atoms with E-state index in [4.69, 9.17) is 33.0 Å². The van der Waals surface area contributed by atoms with Crippen LogP contribution in [0.3, 0.4) is 0 Å². The molecule has 6 nitrogen and oxygen atoms in total. The van der Waals surface area contributed by atoms with E-state index in [-0.39, 0.29) is 12.2 Å². The monoisotopic (exact) mass is 552 g/mol. The van der Waals surface area contributed by atoms with Crippen molar-refractivity contribution in [3.63, 3.8) is 0 Å². The molecule has 0 saturated heterocycles. The molecule has 0 fully saturated rings. The van der Waals surface area contributed by atoms with Crippen LogP contribution in [-0.2, 0) is 11.4 Å². The Morgan fingerprint density at radius 2 is 1.79 bits per heavy atom. The Morgan fingerprint density at radius 1 is 1.14 bits per heavy atom. The highest BCUT2D eigenvalue weighted by Gasteiger charge is 2.16. The number of carbonyl (C=O) groups excluding carboxylic acids is 1. The van der Waals surface area contributed by atoms with Gasteiger partial charge in [0.1, 0.15) is 18.9 Å². The predicted octanol–water partition coefficient (Wildman–Crippen LogP) is 5.34. The van der Waals surface area contributed by atoms with Crippen LogP contribution in [0, 0.1) is 0 Å². The van der Waals surface area contributed by atoms with Crippen LogP contribution in [0.4, 0.5) is 5.69 Å². The van der Waals surface area contributed by atoms with Crippen molar-refractivity contribution in [1.29, 1.82) is 0 Å². The molecule has 150 valence electrons.